The Kier molecular flexibility index (Phi) is 11.7. The lowest BCUT2D eigenvalue weighted by Gasteiger charge is -2.21. The molecule has 0 bridgehead atoms. The number of fused-ring (bicyclic) bond motifs is 1. The summed E-state index contributed by atoms with van der Waals surface area (Å²) in [6.07, 6.45) is 2.70. The fourth-order valence-electron chi connectivity index (χ4n) is 3.72. The zero-order chi connectivity index (χ0) is 26.9. The third-order valence-electron chi connectivity index (χ3n) is 5.83. The number of carbonyl (C=O) groups is 1. The Morgan fingerprint density at radius 3 is 2.14 bits per heavy atom. The number of halogens is 5. The number of ether oxygens (including phenoxy) is 1. The van der Waals surface area contributed by atoms with Gasteiger partial charge >= 0.3 is 12.1 Å². The van der Waals surface area contributed by atoms with Gasteiger partial charge in [-0.25, -0.2) is 0 Å². The second-order valence-electron chi connectivity index (χ2n) is 9.12. The summed E-state index contributed by atoms with van der Waals surface area (Å²) in [5, 5.41) is 0.433. The molecule has 1 aromatic carbocycles. The molecule has 0 radical (unpaired) electrons. The Morgan fingerprint density at radius 2 is 1.56 bits per heavy atom. The summed E-state index contributed by atoms with van der Waals surface area (Å²) in [7, 11) is 0. The number of alkyl halides is 5. The molecule has 0 fully saturated rings. The lowest BCUT2D eigenvalue weighted by Crippen LogP contribution is -2.38. The fraction of sp³-hybridized carbons (Fsp3) is 0.615. The van der Waals surface area contributed by atoms with Crippen LogP contribution in [0.2, 0.25) is 0 Å². The van der Waals surface area contributed by atoms with Crippen molar-refractivity contribution in [1.29, 1.82) is 0 Å². The zero-order valence-corrected chi connectivity index (χ0v) is 22.4. The Morgan fingerprint density at radius 1 is 0.972 bits per heavy atom. The number of hydrogen-bond donors (Lipinski definition) is 0. The van der Waals surface area contributed by atoms with E-state index in [1.807, 2.05) is 13.8 Å². The van der Waals surface area contributed by atoms with Crippen molar-refractivity contribution in [1.82, 2.24) is 0 Å². The number of benzene rings is 1. The summed E-state index contributed by atoms with van der Waals surface area (Å²) < 4.78 is 70.9. The van der Waals surface area contributed by atoms with E-state index >= 15 is 0 Å². The predicted octanol–water partition coefficient (Wildman–Crippen LogP) is 8.64. The molecule has 2 aromatic rings. The molecule has 0 aliphatic carbocycles. The minimum Gasteiger partial charge on any atom is -0.494 e. The number of rotatable bonds is 14. The molecule has 0 unspecified atom stereocenters. The second-order valence-corrected chi connectivity index (χ2v) is 11.2. The maximum Gasteiger partial charge on any atom is 0.458 e. The predicted molar refractivity (Wildman–Crippen MR) is 138 cm³/mol. The van der Waals surface area contributed by atoms with E-state index in [1.54, 1.807) is 0 Å². The largest absolute Gasteiger partial charge is 0.494 e. The summed E-state index contributed by atoms with van der Waals surface area (Å²) >= 11 is 1.79. The van der Waals surface area contributed by atoms with Gasteiger partial charge in [-0.3, -0.25) is 9.59 Å². The molecule has 1 heterocycles. The van der Waals surface area contributed by atoms with Gasteiger partial charge in [0.15, 0.2) is 5.12 Å². The SMILES string of the molecule is Cc1c(C(F)(F)C(F)(F)F)c(=O)sc2cc(OCCCCCCCCCCSC(=O)C(C)C)ccc12. The van der Waals surface area contributed by atoms with Crippen LogP contribution in [0.5, 0.6) is 5.75 Å². The van der Waals surface area contributed by atoms with Gasteiger partial charge in [-0.2, -0.15) is 22.0 Å². The second kappa shape index (κ2) is 13.7. The molecule has 10 heteroatoms. The highest BCUT2D eigenvalue weighted by atomic mass is 32.2. The molecule has 0 aliphatic rings. The molecule has 0 saturated heterocycles. The molecule has 0 amide bonds. The number of aryl methyl sites for hydroxylation is 1. The molecule has 0 spiro atoms. The third kappa shape index (κ3) is 8.43. The van der Waals surface area contributed by atoms with Crippen LogP contribution >= 0.6 is 23.1 Å². The van der Waals surface area contributed by atoms with Crippen molar-refractivity contribution in [3.63, 3.8) is 0 Å². The first kappa shape index (κ1) is 30.5. The molecule has 202 valence electrons. The first-order chi connectivity index (χ1) is 16.9. The van der Waals surface area contributed by atoms with Gasteiger partial charge in [0.25, 0.3) is 0 Å². The van der Waals surface area contributed by atoms with Crippen molar-refractivity contribution >= 4 is 38.3 Å². The number of carbonyl (C=O) groups excluding carboxylic acids is 1. The molecule has 1 aromatic heterocycles. The Balaban J connectivity index is 1.73. The summed E-state index contributed by atoms with van der Waals surface area (Å²) in [6.45, 7) is 5.39. The first-order valence-corrected chi connectivity index (χ1v) is 14.0. The summed E-state index contributed by atoms with van der Waals surface area (Å²) in [6, 6.07) is 4.45. The minimum atomic E-state index is -5.84. The molecule has 3 nitrogen and oxygen atoms in total. The van der Waals surface area contributed by atoms with E-state index in [4.69, 9.17) is 4.74 Å². The van der Waals surface area contributed by atoms with Gasteiger partial charge in [0.2, 0.25) is 4.74 Å². The quantitative estimate of drug-likeness (QED) is 0.174. The van der Waals surface area contributed by atoms with Gasteiger partial charge in [-0.15, -0.1) is 0 Å². The van der Waals surface area contributed by atoms with Gasteiger partial charge in [0.05, 0.1) is 12.2 Å². The van der Waals surface area contributed by atoms with E-state index in [-0.39, 0.29) is 22.0 Å². The average Bonchev–Trinajstić information content (AvgIpc) is 2.78. The third-order valence-corrected chi connectivity index (χ3v) is 8.03. The monoisotopic (exact) mass is 552 g/mol. The summed E-state index contributed by atoms with van der Waals surface area (Å²) in [5.41, 5.74) is -1.88. The van der Waals surface area contributed by atoms with Crippen molar-refractivity contribution in [3.8, 4) is 5.75 Å². The van der Waals surface area contributed by atoms with Crippen LogP contribution in [0.4, 0.5) is 22.0 Å². The molecule has 36 heavy (non-hydrogen) atoms. The van der Waals surface area contributed by atoms with Crippen molar-refractivity contribution in [3.05, 3.63) is 38.9 Å². The van der Waals surface area contributed by atoms with Crippen LogP contribution in [0, 0.1) is 12.8 Å². The zero-order valence-electron chi connectivity index (χ0n) is 20.8. The topological polar surface area (TPSA) is 43.4 Å². The van der Waals surface area contributed by atoms with Crippen molar-refractivity contribution in [2.75, 3.05) is 12.4 Å². The van der Waals surface area contributed by atoms with Gasteiger partial charge in [0.1, 0.15) is 5.75 Å². The lowest BCUT2D eigenvalue weighted by atomic mass is 10.0. The highest BCUT2D eigenvalue weighted by Gasteiger charge is 2.60. The smallest absolute Gasteiger partial charge is 0.458 e. The normalized spacial score (nSPS) is 12.5. The molecule has 2 rings (SSSR count). The molecular formula is C26H33F5O3S2. The Labute approximate surface area is 216 Å². The van der Waals surface area contributed by atoms with E-state index in [0.717, 1.165) is 64.0 Å². The highest BCUT2D eigenvalue weighted by molar-refractivity contribution is 8.13. The van der Waals surface area contributed by atoms with Crippen LogP contribution in [0.25, 0.3) is 10.1 Å². The Bertz CT molecular complexity index is 1060. The Hall–Kier alpha value is -1.68. The fourth-order valence-corrected chi connectivity index (χ4v) is 5.70. The average molecular weight is 553 g/mol. The molecule has 0 atom stereocenters. The van der Waals surface area contributed by atoms with Crippen molar-refractivity contribution in [2.45, 2.75) is 84.2 Å². The summed E-state index contributed by atoms with van der Waals surface area (Å²) in [5.74, 6) is -3.78. The van der Waals surface area contributed by atoms with E-state index in [9.17, 15) is 31.5 Å². The first-order valence-electron chi connectivity index (χ1n) is 12.2. The van der Waals surface area contributed by atoms with E-state index < -0.39 is 22.4 Å². The van der Waals surface area contributed by atoms with E-state index in [0.29, 0.717) is 28.4 Å². The van der Waals surface area contributed by atoms with Gasteiger partial charge < -0.3 is 4.74 Å². The molecule has 0 N–H and O–H groups in total. The maximum atomic E-state index is 13.9. The van der Waals surface area contributed by atoms with Gasteiger partial charge in [-0.05, 0) is 48.9 Å². The standard InChI is InChI=1S/C26H33F5O3S2/c1-17(2)23(32)35-15-11-9-7-5-4-6-8-10-14-34-19-12-13-20-18(3)22(24(33)36-21(20)16-19)25(27,28)26(29,30)31/h12-13,16-17H,4-11,14-15H2,1-3H3. The molecule has 0 saturated carbocycles. The number of thioether (sulfide) groups is 1. The van der Waals surface area contributed by atoms with Crippen LogP contribution in [-0.2, 0) is 10.7 Å². The molecular weight excluding hydrogens is 519 g/mol. The van der Waals surface area contributed by atoms with E-state index in [2.05, 4.69) is 0 Å². The van der Waals surface area contributed by atoms with Crippen molar-refractivity contribution in [2.24, 2.45) is 5.92 Å². The number of unbranched alkanes of at least 4 members (excludes halogenated alkanes) is 7. The van der Waals surface area contributed by atoms with Crippen LogP contribution in [0.3, 0.4) is 0 Å². The minimum absolute atomic E-state index is 0.0892. The van der Waals surface area contributed by atoms with Crippen LogP contribution in [0.1, 0.15) is 76.3 Å². The summed E-state index contributed by atoms with van der Waals surface area (Å²) in [4.78, 5) is 23.7. The number of hydrogen-bond acceptors (Lipinski definition) is 5. The van der Waals surface area contributed by atoms with Crippen LogP contribution < -0.4 is 9.48 Å². The lowest BCUT2D eigenvalue weighted by molar-refractivity contribution is -0.289. The molecule has 0 aliphatic heterocycles. The van der Waals surface area contributed by atoms with Crippen molar-refractivity contribution < 1.29 is 31.5 Å². The van der Waals surface area contributed by atoms with Crippen LogP contribution in [0.15, 0.2) is 23.0 Å². The van der Waals surface area contributed by atoms with Gasteiger partial charge in [0, 0.05) is 16.4 Å². The highest BCUT2D eigenvalue weighted by Crippen LogP contribution is 2.45. The van der Waals surface area contributed by atoms with E-state index in [1.165, 1.54) is 30.0 Å². The van der Waals surface area contributed by atoms with Crippen LogP contribution in [-0.4, -0.2) is 23.7 Å². The maximum absolute atomic E-state index is 13.9. The van der Waals surface area contributed by atoms with Gasteiger partial charge in [-0.1, -0.05) is 75.5 Å².